The van der Waals surface area contributed by atoms with Gasteiger partial charge in [0.1, 0.15) is 5.15 Å². The van der Waals surface area contributed by atoms with Crippen LogP contribution in [-0.4, -0.2) is 26.7 Å². The van der Waals surface area contributed by atoms with Gasteiger partial charge in [-0.05, 0) is 31.9 Å². The molecule has 0 aliphatic heterocycles. The molecule has 0 aromatic carbocycles. The molecule has 7 heteroatoms. The largest absolute Gasteiger partial charge is 0.382 e. The third-order valence-electron chi connectivity index (χ3n) is 3.83. The van der Waals surface area contributed by atoms with Crippen molar-refractivity contribution in [1.82, 2.24) is 14.8 Å². The Balaban J connectivity index is 1.76. The molecule has 0 bridgehead atoms. The summed E-state index contributed by atoms with van der Waals surface area (Å²) in [6.45, 7) is 1.89. The highest BCUT2D eigenvalue weighted by atomic mass is 35.5. The van der Waals surface area contributed by atoms with Crippen LogP contribution < -0.4 is 5.32 Å². The summed E-state index contributed by atoms with van der Waals surface area (Å²) in [6, 6.07) is 5.43. The van der Waals surface area contributed by atoms with Crippen molar-refractivity contribution in [2.45, 2.75) is 44.6 Å². The van der Waals surface area contributed by atoms with Gasteiger partial charge in [-0.25, -0.2) is 18.4 Å². The van der Waals surface area contributed by atoms with Gasteiger partial charge >= 0.3 is 0 Å². The number of nitrogens with zero attached hydrogens (tertiary/aromatic N) is 3. The highest BCUT2D eigenvalue weighted by Gasteiger charge is 2.34. The standard InChI is InChI=1S/C15H17ClF2N4/c1-10-4-7-22(21-10)14-9-12(8-13(16)20-14)19-11-2-5-15(17,18)6-3-11/h4,7-9,11H,2-3,5-6H2,1H3,(H,19,20). The third-order valence-corrected chi connectivity index (χ3v) is 4.02. The molecule has 2 aromatic heterocycles. The number of aryl methyl sites for hydroxylation is 1. The molecule has 0 unspecified atom stereocenters. The zero-order valence-electron chi connectivity index (χ0n) is 12.2. The van der Waals surface area contributed by atoms with E-state index in [0.29, 0.717) is 23.8 Å². The summed E-state index contributed by atoms with van der Waals surface area (Å²) in [4.78, 5) is 4.24. The summed E-state index contributed by atoms with van der Waals surface area (Å²) >= 11 is 6.06. The normalized spacial score (nSPS) is 18.4. The highest BCUT2D eigenvalue weighted by molar-refractivity contribution is 6.29. The predicted octanol–water partition coefficient (Wildman–Crippen LogP) is 4.22. The van der Waals surface area contributed by atoms with Crippen molar-refractivity contribution >= 4 is 17.3 Å². The summed E-state index contributed by atoms with van der Waals surface area (Å²) in [7, 11) is 0. The van der Waals surface area contributed by atoms with Crippen LogP contribution in [0.25, 0.3) is 5.82 Å². The SMILES string of the molecule is Cc1ccn(-c2cc(NC3CCC(F)(F)CC3)cc(Cl)n2)n1. The first-order chi connectivity index (χ1) is 10.4. The number of hydrogen-bond acceptors (Lipinski definition) is 3. The second-order valence-electron chi connectivity index (χ2n) is 5.71. The van der Waals surface area contributed by atoms with Gasteiger partial charge in [0.15, 0.2) is 5.82 Å². The van der Waals surface area contributed by atoms with Gasteiger partial charge in [-0.15, -0.1) is 0 Å². The van der Waals surface area contributed by atoms with E-state index >= 15 is 0 Å². The molecular formula is C15H17ClF2N4. The van der Waals surface area contributed by atoms with Crippen LogP contribution in [0.5, 0.6) is 0 Å². The maximum Gasteiger partial charge on any atom is 0.248 e. The molecule has 0 amide bonds. The Morgan fingerprint density at radius 1 is 1.32 bits per heavy atom. The van der Waals surface area contributed by atoms with Gasteiger partial charge in [0.25, 0.3) is 0 Å². The highest BCUT2D eigenvalue weighted by Crippen LogP contribution is 2.34. The number of alkyl halides is 2. The molecule has 1 aliphatic rings. The summed E-state index contributed by atoms with van der Waals surface area (Å²) in [5, 5.41) is 7.92. The Morgan fingerprint density at radius 2 is 2.05 bits per heavy atom. The van der Waals surface area contributed by atoms with Gasteiger partial charge < -0.3 is 5.32 Å². The molecule has 118 valence electrons. The van der Waals surface area contributed by atoms with E-state index in [4.69, 9.17) is 11.6 Å². The number of hydrogen-bond donors (Lipinski definition) is 1. The number of aromatic nitrogens is 3. The number of rotatable bonds is 3. The smallest absolute Gasteiger partial charge is 0.248 e. The lowest BCUT2D eigenvalue weighted by molar-refractivity contribution is -0.0360. The van der Waals surface area contributed by atoms with Gasteiger partial charge in [-0.3, -0.25) is 0 Å². The summed E-state index contributed by atoms with van der Waals surface area (Å²) in [6.07, 6.45) is 2.55. The van der Waals surface area contributed by atoms with Crippen molar-refractivity contribution in [1.29, 1.82) is 0 Å². The van der Waals surface area contributed by atoms with Crippen molar-refractivity contribution in [2.24, 2.45) is 0 Å². The van der Waals surface area contributed by atoms with Crippen LogP contribution >= 0.6 is 11.6 Å². The quantitative estimate of drug-likeness (QED) is 0.859. The van der Waals surface area contributed by atoms with Crippen LogP contribution in [0.4, 0.5) is 14.5 Å². The molecule has 0 saturated heterocycles. The Hall–Kier alpha value is -1.69. The Labute approximate surface area is 132 Å². The molecule has 1 saturated carbocycles. The first-order valence-corrected chi connectivity index (χ1v) is 7.64. The average Bonchev–Trinajstić information content (AvgIpc) is 2.87. The zero-order chi connectivity index (χ0) is 15.7. The number of pyridine rings is 1. The Kier molecular flexibility index (Phi) is 4.04. The minimum atomic E-state index is -2.52. The monoisotopic (exact) mass is 326 g/mol. The van der Waals surface area contributed by atoms with Crippen molar-refractivity contribution in [3.63, 3.8) is 0 Å². The minimum absolute atomic E-state index is 0.0327. The molecule has 0 spiro atoms. The molecule has 0 radical (unpaired) electrons. The summed E-state index contributed by atoms with van der Waals surface area (Å²) < 4.78 is 28.0. The van der Waals surface area contributed by atoms with E-state index in [-0.39, 0.29) is 18.9 Å². The van der Waals surface area contributed by atoms with Crippen LogP contribution in [-0.2, 0) is 0 Å². The molecule has 0 atom stereocenters. The van der Waals surface area contributed by atoms with E-state index in [1.165, 1.54) is 0 Å². The van der Waals surface area contributed by atoms with Gasteiger partial charge in [0.2, 0.25) is 5.92 Å². The lowest BCUT2D eigenvalue weighted by atomic mass is 9.92. The van der Waals surface area contributed by atoms with E-state index in [0.717, 1.165) is 11.4 Å². The van der Waals surface area contributed by atoms with Gasteiger partial charge in [0, 0.05) is 36.8 Å². The van der Waals surface area contributed by atoms with Crippen molar-refractivity contribution < 1.29 is 8.78 Å². The number of nitrogens with one attached hydrogen (secondary N) is 1. The molecular weight excluding hydrogens is 310 g/mol. The van der Waals surface area contributed by atoms with E-state index in [2.05, 4.69) is 15.4 Å². The molecule has 3 rings (SSSR count). The molecule has 1 N–H and O–H groups in total. The number of halogens is 3. The van der Waals surface area contributed by atoms with E-state index in [1.54, 1.807) is 16.9 Å². The second kappa shape index (κ2) is 5.83. The van der Waals surface area contributed by atoms with Crippen LogP contribution in [0, 0.1) is 6.92 Å². The van der Waals surface area contributed by atoms with Gasteiger partial charge in [-0.2, -0.15) is 5.10 Å². The molecule has 4 nitrogen and oxygen atoms in total. The zero-order valence-corrected chi connectivity index (χ0v) is 12.9. The van der Waals surface area contributed by atoms with Crippen LogP contribution in [0.15, 0.2) is 24.4 Å². The summed E-state index contributed by atoms with van der Waals surface area (Å²) in [5.74, 6) is -1.92. The third kappa shape index (κ3) is 3.55. The Bertz CT molecular complexity index is 661. The maximum atomic E-state index is 13.2. The van der Waals surface area contributed by atoms with Gasteiger partial charge in [-0.1, -0.05) is 11.6 Å². The lowest BCUT2D eigenvalue weighted by Crippen LogP contribution is -2.32. The van der Waals surface area contributed by atoms with Crippen LogP contribution in [0.3, 0.4) is 0 Å². The van der Waals surface area contributed by atoms with E-state index in [1.807, 2.05) is 19.1 Å². The molecule has 1 fully saturated rings. The molecule has 22 heavy (non-hydrogen) atoms. The van der Waals surface area contributed by atoms with Crippen LogP contribution in [0.1, 0.15) is 31.4 Å². The van der Waals surface area contributed by atoms with Crippen molar-refractivity contribution in [3.05, 3.63) is 35.2 Å². The second-order valence-corrected chi connectivity index (χ2v) is 6.10. The van der Waals surface area contributed by atoms with Gasteiger partial charge in [0.05, 0.1) is 5.69 Å². The van der Waals surface area contributed by atoms with Crippen molar-refractivity contribution in [2.75, 3.05) is 5.32 Å². The summed E-state index contributed by atoms with van der Waals surface area (Å²) in [5.41, 5.74) is 1.66. The van der Waals surface area contributed by atoms with E-state index in [9.17, 15) is 8.78 Å². The molecule has 2 aromatic rings. The Morgan fingerprint density at radius 3 is 2.68 bits per heavy atom. The first kappa shape index (κ1) is 15.2. The average molecular weight is 327 g/mol. The maximum absolute atomic E-state index is 13.2. The minimum Gasteiger partial charge on any atom is -0.382 e. The van der Waals surface area contributed by atoms with Crippen LogP contribution in [0.2, 0.25) is 5.15 Å². The molecule has 2 heterocycles. The lowest BCUT2D eigenvalue weighted by Gasteiger charge is -2.29. The van der Waals surface area contributed by atoms with Crippen molar-refractivity contribution in [3.8, 4) is 5.82 Å². The predicted molar refractivity (Wildman–Crippen MR) is 81.9 cm³/mol. The van der Waals surface area contributed by atoms with E-state index < -0.39 is 5.92 Å². The number of anilines is 1. The first-order valence-electron chi connectivity index (χ1n) is 7.26. The fraction of sp³-hybridized carbons (Fsp3) is 0.467. The molecule has 1 aliphatic carbocycles. The fourth-order valence-corrected chi connectivity index (χ4v) is 2.85. The fourth-order valence-electron chi connectivity index (χ4n) is 2.65. The topological polar surface area (TPSA) is 42.7 Å².